The number of hydrogen-bond acceptors (Lipinski definition) is 6. The lowest BCUT2D eigenvalue weighted by molar-refractivity contribution is 0.252. The van der Waals surface area contributed by atoms with Crippen molar-refractivity contribution in [1.82, 2.24) is 25.3 Å². The predicted molar refractivity (Wildman–Crippen MR) is 124 cm³/mol. The molecule has 8 heteroatoms. The van der Waals surface area contributed by atoms with Crippen molar-refractivity contribution in [3.05, 3.63) is 72.6 Å². The summed E-state index contributed by atoms with van der Waals surface area (Å²) in [6, 6.07) is 17.2. The van der Waals surface area contributed by atoms with Gasteiger partial charge in [0.2, 0.25) is 5.88 Å². The molecule has 0 aliphatic heterocycles. The van der Waals surface area contributed by atoms with Crippen molar-refractivity contribution in [3.8, 4) is 17.1 Å². The molecule has 0 saturated heterocycles. The van der Waals surface area contributed by atoms with E-state index in [0.29, 0.717) is 35.1 Å². The maximum atomic E-state index is 12.2. The summed E-state index contributed by atoms with van der Waals surface area (Å²) < 4.78 is 5.30. The largest absolute Gasteiger partial charge is 0.481 e. The monoisotopic (exact) mass is 428 g/mol. The van der Waals surface area contributed by atoms with Crippen LogP contribution in [0.3, 0.4) is 0 Å². The molecule has 8 nitrogen and oxygen atoms in total. The van der Waals surface area contributed by atoms with E-state index in [-0.39, 0.29) is 6.03 Å². The molecular formula is C24H24N6O2. The summed E-state index contributed by atoms with van der Waals surface area (Å²) in [7, 11) is 1.56. The summed E-state index contributed by atoms with van der Waals surface area (Å²) in [6.07, 6.45) is 6.21. The second kappa shape index (κ2) is 10.3. The first kappa shape index (κ1) is 21.2. The van der Waals surface area contributed by atoms with Crippen LogP contribution >= 0.6 is 0 Å². The fraction of sp³-hybridized carbons (Fsp3) is 0.208. The number of nitrogens with one attached hydrogen (secondary N) is 2. The van der Waals surface area contributed by atoms with Crippen LogP contribution in [0.5, 0.6) is 5.88 Å². The number of aromatic nitrogens is 4. The van der Waals surface area contributed by atoms with Crippen LogP contribution in [-0.4, -0.2) is 39.6 Å². The Bertz CT molecular complexity index is 1200. The lowest BCUT2D eigenvalue weighted by Crippen LogP contribution is -2.29. The number of amides is 2. The average Bonchev–Trinajstić information content (AvgIpc) is 2.84. The highest BCUT2D eigenvalue weighted by molar-refractivity contribution is 5.89. The maximum absolute atomic E-state index is 12.2. The zero-order valence-corrected chi connectivity index (χ0v) is 17.8. The molecule has 0 atom stereocenters. The number of carbonyl (C=O) groups excluding carboxylic acids is 1. The number of urea groups is 1. The molecule has 0 aliphatic rings. The van der Waals surface area contributed by atoms with Crippen molar-refractivity contribution in [2.75, 3.05) is 19.0 Å². The number of fused-ring (bicyclic) bond motifs is 1. The van der Waals surface area contributed by atoms with Crippen LogP contribution in [0.1, 0.15) is 18.4 Å². The van der Waals surface area contributed by atoms with Gasteiger partial charge in [0.25, 0.3) is 0 Å². The fourth-order valence-corrected chi connectivity index (χ4v) is 3.31. The van der Waals surface area contributed by atoms with Crippen LogP contribution in [0, 0.1) is 0 Å². The molecule has 32 heavy (non-hydrogen) atoms. The Morgan fingerprint density at radius 1 is 0.969 bits per heavy atom. The number of methoxy groups -OCH3 is 1. The van der Waals surface area contributed by atoms with E-state index >= 15 is 0 Å². The van der Waals surface area contributed by atoms with Crippen molar-refractivity contribution in [2.45, 2.75) is 19.3 Å². The number of aryl methyl sites for hydroxylation is 1. The second-order valence-electron chi connectivity index (χ2n) is 7.18. The van der Waals surface area contributed by atoms with Crippen molar-refractivity contribution < 1.29 is 9.53 Å². The van der Waals surface area contributed by atoms with Gasteiger partial charge in [0.05, 0.1) is 24.6 Å². The molecular weight excluding hydrogens is 404 g/mol. The highest BCUT2D eigenvalue weighted by Gasteiger charge is 2.11. The molecule has 4 aromatic rings. The van der Waals surface area contributed by atoms with Crippen molar-refractivity contribution in [1.29, 1.82) is 0 Å². The minimum absolute atomic E-state index is 0.297. The smallest absolute Gasteiger partial charge is 0.320 e. The van der Waals surface area contributed by atoms with Gasteiger partial charge in [0.15, 0.2) is 5.65 Å². The highest BCUT2D eigenvalue weighted by atomic mass is 16.5. The Balaban J connectivity index is 1.35. The van der Waals surface area contributed by atoms with Crippen molar-refractivity contribution in [3.63, 3.8) is 0 Å². The van der Waals surface area contributed by atoms with Gasteiger partial charge < -0.3 is 10.1 Å². The van der Waals surface area contributed by atoms with Gasteiger partial charge in [-0.1, -0.05) is 30.3 Å². The number of carbonyl (C=O) groups is 1. The molecule has 3 aromatic heterocycles. The van der Waals surface area contributed by atoms with E-state index in [1.54, 1.807) is 37.7 Å². The Hall–Kier alpha value is -4.07. The van der Waals surface area contributed by atoms with E-state index in [1.165, 1.54) is 5.56 Å². The first-order chi connectivity index (χ1) is 15.7. The Labute approximate surface area is 186 Å². The summed E-state index contributed by atoms with van der Waals surface area (Å²) in [5.74, 6) is 0.867. The van der Waals surface area contributed by atoms with E-state index in [4.69, 9.17) is 4.74 Å². The number of anilines is 1. The number of nitrogens with zero attached hydrogens (tertiary/aromatic N) is 4. The molecule has 0 radical (unpaired) electrons. The molecule has 0 bridgehead atoms. The van der Waals surface area contributed by atoms with E-state index in [1.807, 2.05) is 24.3 Å². The number of rotatable bonds is 8. The van der Waals surface area contributed by atoms with Gasteiger partial charge in [-0.2, -0.15) is 0 Å². The summed E-state index contributed by atoms with van der Waals surface area (Å²) in [5.41, 5.74) is 3.67. The van der Waals surface area contributed by atoms with E-state index in [2.05, 4.69) is 42.7 Å². The Kier molecular flexibility index (Phi) is 6.81. The third-order valence-electron chi connectivity index (χ3n) is 4.91. The number of ether oxygens (including phenoxy) is 1. The van der Waals surface area contributed by atoms with Crippen LogP contribution in [0.2, 0.25) is 0 Å². The first-order valence-corrected chi connectivity index (χ1v) is 10.4. The van der Waals surface area contributed by atoms with Gasteiger partial charge in [-0.3, -0.25) is 10.3 Å². The van der Waals surface area contributed by atoms with E-state index in [9.17, 15) is 4.79 Å². The lowest BCUT2D eigenvalue weighted by Gasteiger charge is -2.09. The average molecular weight is 428 g/mol. The maximum Gasteiger partial charge on any atom is 0.320 e. The van der Waals surface area contributed by atoms with Gasteiger partial charge in [0, 0.05) is 12.7 Å². The summed E-state index contributed by atoms with van der Waals surface area (Å²) in [4.78, 5) is 29.8. The van der Waals surface area contributed by atoms with Crippen LogP contribution < -0.4 is 15.4 Å². The molecule has 0 saturated carbocycles. The summed E-state index contributed by atoms with van der Waals surface area (Å²) in [5, 5.41) is 5.63. The normalized spacial score (nSPS) is 10.7. The highest BCUT2D eigenvalue weighted by Crippen LogP contribution is 2.26. The predicted octanol–water partition coefficient (Wildman–Crippen LogP) is 4.24. The number of unbranched alkanes of at least 4 members (excludes halogenated alkanes) is 1. The van der Waals surface area contributed by atoms with Gasteiger partial charge in [-0.15, -0.1) is 0 Å². The van der Waals surface area contributed by atoms with Crippen LogP contribution in [0.4, 0.5) is 10.6 Å². The summed E-state index contributed by atoms with van der Waals surface area (Å²) in [6.45, 7) is 0.594. The molecule has 0 spiro atoms. The zero-order valence-electron chi connectivity index (χ0n) is 17.8. The number of hydrogen-bond donors (Lipinski definition) is 2. The molecule has 2 N–H and O–H groups in total. The van der Waals surface area contributed by atoms with Gasteiger partial charge >= 0.3 is 6.03 Å². The molecule has 1 aromatic carbocycles. The van der Waals surface area contributed by atoms with Gasteiger partial charge in [-0.25, -0.2) is 19.7 Å². The Morgan fingerprint density at radius 3 is 2.69 bits per heavy atom. The zero-order chi connectivity index (χ0) is 22.2. The first-order valence-electron chi connectivity index (χ1n) is 10.4. The molecule has 4 rings (SSSR count). The lowest BCUT2D eigenvalue weighted by atomic mass is 10.1. The van der Waals surface area contributed by atoms with Gasteiger partial charge in [-0.05, 0) is 49.1 Å². The second-order valence-corrected chi connectivity index (χ2v) is 7.18. The van der Waals surface area contributed by atoms with Crippen LogP contribution in [0.15, 0.2) is 67.0 Å². The number of pyridine rings is 2. The Morgan fingerprint density at radius 2 is 1.84 bits per heavy atom. The van der Waals surface area contributed by atoms with Crippen LogP contribution in [-0.2, 0) is 6.42 Å². The van der Waals surface area contributed by atoms with Crippen molar-refractivity contribution >= 4 is 23.0 Å². The standard InChI is InChI=1S/C24H24N6O2/c1-32-23-18(11-7-15-25-23)20-16-27-19-12-13-21(29-22(19)28-20)30-24(31)26-14-6-5-10-17-8-3-2-4-9-17/h2-4,7-9,11-13,15-16H,5-6,10,14H2,1H3,(H2,26,28,29,30,31). The minimum atomic E-state index is -0.297. The molecule has 2 amide bonds. The van der Waals surface area contributed by atoms with Gasteiger partial charge in [0.1, 0.15) is 11.3 Å². The van der Waals surface area contributed by atoms with E-state index < -0.39 is 0 Å². The SMILES string of the molecule is COc1ncccc1-c1cnc2ccc(NC(=O)NCCCCc3ccccc3)nc2n1. The van der Waals surface area contributed by atoms with Crippen molar-refractivity contribution in [2.24, 2.45) is 0 Å². The molecule has 162 valence electrons. The summed E-state index contributed by atoms with van der Waals surface area (Å²) >= 11 is 0. The third-order valence-corrected chi connectivity index (χ3v) is 4.91. The number of benzene rings is 1. The minimum Gasteiger partial charge on any atom is -0.481 e. The molecule has 0 unspecified atom stereocenters. The molecule has 3 heterocycles. The quantitative estimate of drug-likeness (QED) is 0.407. The third kappa shape index (κ3) is 5.34. The fourth-order valence-electron chi connectivity index (χ4n) is 3.31. The van der Waals surface area contributed by atoms with Crippen LogP contribution in [0.25, 0.3) is 22.4 Å². The van der Waals surface area contributed by atoms with E-state index in [0.717, 1.165) is 24.8 Å². The molecule has 0 fully saturated rings. The topological polar surface area (TPSA) is 102 Å². The molecule has 0 aliphatic carbocycles.